The molecular formula is C8H12N3O4PS. The molecule has 1 aliphatic heterocycles. The molecule has 0 N–H and O–H groups in total. The summed E-state index contributed by atoms with van der Waals surface area (Å²) in [4.78, 5) is 14.3. The molecule has 0 spiro atoms. The molecule has 9 heteroatoms. The summed E-state index contributed by atoms with van der Waals surface area (Å²) in [6.07, 6.45) is 3.68. The van der Waals surface area contributed by atoms with Gasteiger partial charge >= 0.3 is 7.60 Å². The quantitative estimate of drug-likeness (QED) is 0.258. The Morgan fingerprint density at radius 1 is 1.53 bits per heavy atom. The van der Waals surface area contributed by atoms with Gasteiger partial charge < -0.3 is 9.05 Å². The fourth-order valence-corrected chi connectivity index (χ4v) is 5.04. The van der Waals surface area contributed by atoms with Crippen molar-refractivity contribution < 1.29 is 18.4 Å². The maximum Gasteiger partial charge on any atom is 0.354 e. The zero-order valence-corrected chi connectivity index (χ0v) is 11.1. The molecule has 0 radical (unpaired) electrons. The Morgan fingerprint density at radius 3 is 2.59 bits per heavy atom. The number of allylic oxidation sites excluding steroid dienone is 1. The Bertz CT molecular complexity index is 426. The van der Waals surface area contributed by atoms with E-state index in [-0.39, 0.29) is 6.42 Å². The predicted octanol–water partition coefficient (Wildman–Crippen LogP) is 2.70. The minimum Gasteiger partial charge on any atom is -0.311 e. The summed E-state index contributed by atoms with van der Waals surface area (Å²) >= 11 is 1.10. The molecular weight excluding hydrogens is 265 g/mol. The highest BCUT2D eigenvalue weighted by atomic mass is 32.2. The molecule has 0 aromatic rings. The monoisotopic (exact) mass is 277 g/mol. The maximum atomic E-state index is 12.4. The molecule has 1 amide bonds. The van der Waals surface area contributed by atoms with Crippen molar-refractivity contribution >= 4 is 25.3 Å². The van der Waals surface area contributed by atoms with Crippen molar-refractivity contribution in [1.82, 2.24) is 0 Å². The second kappa shape index (κ2) is 5.71. The Balaban J connectivity index is 3.28. The van der Waals surface area contributed by atoms with Gasteiger partial charge in [0.25, 0.3) is 0 Å². The smallest absolute Gasteiger partial charge is 0.311 e. The van der Waals surface area contributed by atoms with Gasteiger partial charge in [-0.25, -0.2) is 0 Å². The first-order valence-electron chi connectivity index (χ1n) is 4.66. The highest BCUT2D eigenvalue weighted by Crippen LogP contribution is 2.66. The second-order valence-electron chi connectivity index (χ2n) is 3.13. The van der Waals surface area contributed by atoms with Crippen molar-refractivity contribution in [3.05, 3.63) is 22.6 Å². The molecule has 0 aromatic carbocycles. The Morgan fingerprint density at radius 2 is 2.18 bits per heavy atom. The predicted molar refractivity (Wildman–Crippen MR) is 64.7 cm³/mol. The molecule has 1 atom stereocenters. The summed E-state index contributed by atoms with van der Waals surface area (Å²) in [6.45, 7) is 0. The summed E-state index contributed by atoms with van der Waals surface area (Å²) in [5.41, 5.74) is 8.33. The molecule has 1 aliphatic rings. The van der Waals surface area contributed by atoms with E-state index in [4.69, 9.17) is 14.6 Å². The summed E-state index contributed by atoms with van der Waals surface area (Å²) < 4.78 is 20.7. The fourth-order valence-electron chi connectivity index (χ4n) is 1.50. The summed E-state index contributed by atoms with van der Waals surface area (Å²) in [6, 6.07) is 0. The van der Waals surface area contributed by atoms with Gasteiger partial charge in [-0.2, -0.15) is 0 Å². The number of carbonyl (C=O) groups is 1. The van der Waals surface area contributed by atoms with Crippen LogP contribution in [-0.4, -0.2) is 30.4 Å². The third kappa shape index (κ3) is 2.41. The normalized spacial score (nSPS) is 24.1. The van der Waals surface area contributed by atoms with E-state index in [0.717, 1.165) is 11.8 Å². The Kier molecular flexibility index (Phi) is 4.80. The first kappa shape index (κ1) is 14.3. The Hall–Kier alpha value is -0.780. The average Bonchev–Trinajstić information content (AvgIpc) is 2.38. The van der Waals surface area contributed by atoms with Crippen LogP contribution in [0.25, 0.3) is 10.4 Å². The van der Waals surface area contributed by atoms with Crippen LogP contribution in [0.15, 0.2) is 17.3 Å². The van der Waals surface area contributed by atoms with Gasteiger partial charge in [0.05, 0.1) is 0 Å². The zero-order valence-electron chi connectivity index (χ0n) is 9.40. The highest BCUT2D eigenvalue weighted by Gasteiger charge is 2.56. The van der Waals surface area contributed by atoms with E-state index in [1.807, 2.05) is 6.08 Å². The van der Waals surface area contributed by atoms with Crippen LogP contribution in [0.3, 0.4) is 0 Å². The van der Waals surface area contributed by atoms with Crippen LogP contribution in [0.5, 0.6) is 0 Å². The van der Waals surface area contributed by atoms with E-state index >= 15 is 0 Å². The number of rotatable bonds is 4. The zero-order chi connectivity index (χ0) is 12.9. The molecule has 7 nitrogen and oxygen atoms in total. The number of carbonyl (C=O) groups excluding carboxylic acids is 1. The van der Waals surface area contributed by atoms with Crippen molar-refractivity contribution in [2.45, 2.75) is 10.9 Å². The molecule has 94 valence electrons. The van der Waals surface area contributed by atoms with Crippen LogP contribution in [0, 0.1) is 0 Å². The number of hydrogen-bond donors (Lipinski definition) is 0. The number of azide groups is 1. The van der Waals surface area contributed by atoms with E-state index in [1.54, 1.807) is 6.08 Å². The van der Waals surface area contributed by atoms with Crippen molar-refractivity contribution in [2.75, 3.05) is 20.0 Å². The van der Waals surface area contributed by atoms with Gasteiger partial charge in [-0.1, -0.05) is 12.2 Å². The third-order valence-corrected chi connectivity index (χ3v) is 6.83. The van der Waals surface area contributed by atoms with E-state index < -0.39 is 18.0 Å². The van der Waals surface area contributed by atoms with Crippen molar-refractivity contribution in [1.29, 1.82) is 0 Å². The van der Waals surface area contributed by atoms with Crippen LogP contribution in [0.1, 0.15) is 6.42 Å². The second-order valence-corrected chi connectivity index (χ2v) is 7.24. The summed E-state index contributed by atoms with van der Waals surface area (Å²) in [7, 11) is -1.27. The molecule has 1 unspecified atom stereocenters. The molecule has 0 bridgehead atoms. The first-order valence-corrected chi connectivity index (χ1v) is 7.19. The van der Waals surface area contributed by atoms with Gasteiger partial charge in [-0.05, 0) is 17.1 Å². The van der Waals surface area contributed by atoms with Crippen LogP contribution in [0.2, 0.25) is 0 Å². The van der Waals surface area contributed by atoms with Crippen molar-refractivity contribution in [2.24, 2.45) is 5.11 Å². The van der Waals surface area contributed by atoms with E-state index in [2.05, 4.69) is 10.0 Å². The fraction of sp³-hybridized carbons (Fsp3) is 0.625. The lowest BCUT2D eigenvalue weighted by molar-refractivity contribution is -0.118. The van der Waals surface area contributed by atoms with Gasteiger partial charge in [0.1, 0.15) is 0 Å². The summed E-state index contributed by atoms with van der Waals surface area (Å²) in [5, 5.41) is 3.04. The standard InChI is InChI=1S/C8H12N3O4PS/c1-14-16(13,15-2)8(7(12)10-11-9)5-3-4-6-17-8/h3-4H,5-6H2,1-2H3. The lowest BCUT2D eigenvalue weighted by Gasteiger charge is -2.35. The molecule has 1 rings (SSSR count). The number of nitrogens with zero attached hydrogens (tertiary/aromatic N) is 3. The van der Waals surface area contributed by atoms with Crippen LogP contribution < -0.4 is 0 Å². The number of amides is 1. The molecule has 0 aromatic heterocycles. The molecule has 17 heavy (non-hydrogen) atoms. The molecule has 0 fully saturated rings. The van der Waals surface area contributed by atoms with Crippen LogP contribution >= 0.6 is 19.4 Å². The van der Waals surface area contributed by atoms with Gasteiger partial charge in [-0.3, -0.25) is 9.36 Å². The minimum absolute atomic E-state index is 0.147. The first-order chi connectivity index (χ1) is 8.06. The van der Waals surface area contributed by atoms with Gasteiger partial charge in [0.15, 0.2) is 4.49 Å². The van der Waals surface area contributed by atoms with E-state index in [1.165, 1.54) is 14.2 Å². The van der Waals surface area contributed by atoms with Gasteiger partial charge in [-0.15, -0.1) is 11.8 Å². The lowest BCUT2D eigenvalue weighted by atomic mass is 10.2. The molecule has 0 aliphatic carbocycles. The molecule has 1 heterocycles. The average molecular weight is 277 g/mol. The van der Waals surface area contributed by atoms with Crippen LogP contribution in [0.4, 0.5) is 0 Å². The third-order valence-electron chi connectivity index (χ3n) is 2.37. The van der Waals surface area contributed by atoms with Crippen molar-refractivity contribution in [3.8, 4) is 0 Å². The highest BCUT2D eigenvalue weighted by molar-refractivity contribution is 8.07. The minimum atomic E-state index is -3.68. The largest absolute Gasteiger partial charge is 0.354 e. The summed E-state index contributed by atoms with van der Waals surface area (Å²) in [5.74, 6) is -0.356. The molecule has 0 saturated carbocycles. The molecule has 0 saturated heterocycles. The van der Waals surface area contributed by atoms with Gasteiger partial charge in [0, 0.05) is 24.9 Å². The van der Waals surface area contributed by atoms with Crippen LogP contribution in [-0.2, 0) is 18.4 Å². The number of thioether (sulfide) groups is 1. The number of hydrogen-bond acceptors (Lipinski definition) is 5. The SMILES string of the molecule is COP(=O)(OC)C1(C(=O)N=[N+]=[N-])CC=CCS1. The maximum absolute atomic E-state index is 12.4. The van der Waals surface area contributed by atoms with Crippen molar-refractivity contribution in [3.63, 3.8) is 0 Å². The van der Waals surface area contributed by atoms with E-state index in [9.17, 15) is 9.36 Å². The van der Waals surface area contributed by atoms with Gasteiger partial charge in [0.2, 0.25) is 5.91 Å². The topological polar surface area (TPSA) is 101 Å². The van der Waals surface area contributed by atoms with E-state index in [0.29, 0.717) is 5.75 Å². The Labute approximate surface area is 103 Å². The lowest BCUT2D eigenvalue weighted by Crippen LogP contribution is -2.36.